The molecule has 0 aliphatic heterocycles. The van der Waals surface area contributed by atoms with Crippen LogP contribution in [0.5, 0.6) is 0 Å². The highest BCUT2D eigenvalue weighted by atomic mass is 32.2. The number of hydrogen-bond acceptors (Lipinski definition) is 3. The smallest absolute Gasteiger partial charge is 0.0625 e. The second-order valence-corrected chi connectivity index (χ2v) is 5.22. The molecule has 4 heteroatoms. The number of rotatable bonds is 7. The lowest BCUT2D eigenvalue weighted by atomic mass is 10.3. The summed E-state index contributed by atoms with van der Waals surface area (Å²) < 4.78 is 2.11. The maximum Gasteiger partial charge on any atom is 0.0625 e. The van der Waals surface area contributed by atoms with Crippen molar-refractivity contribution in [3.63, 3.8) is 0 Å². The zero-order valence-corrected chi connectivity index (χ0v) is 11.4. The molecule has 0 saturated heterocycles. The van der Waals surface area contributed by atoms with E-state index in [0.29, 0.717) is 6.04 Å². The van der Waals surface area contributed by atoms with E-state index in [-0.39, 0.29) is 0 Å². The summed E-state index contributed by atoms with van der Waals surface area (Å²) in [6, 6.07) is 2.54. The van der Waals surface area contributed by atoms with Crippen LogP contribution in [-0.4, -0.2) is 21.6 Å². The van der Waals surface area contributed by atoms with Crippen molar-refractivity contribution in [1.29, 1.82) is 0 Å². The molecular weight excluding hydrogens is 218 g/mol. The van der Waals surface area contributed by atoms with Gasteiger partial charge in [-0.3, -0.25) is 4.68 Å². The molecule has 0 aromatic carbocycles. The average molecular weight is 241 g/mol. The van der Waals surface area contributed by atoms with Gasteiger partial charge in [0.15, 0.2) is 0 Å². The molecule has 2 N–H and O–H groups in total. The van der Waals surface area contributed by atoms with Crippen molar-refractivity contribution in [1.82, 2.24) is 9.78 Å². The molecule has 0 saturated carbocycles. The van der Waals surface area contributed by atoms with Crippen LogP contribution in [0.25, 0.3) is 0 Å². The largest absolute Gasteiger partial charge is 0.328 e. The third-order valence-electron chi connectivity index (χ3n) is 2.54. The molecule has 1 aromatic heterocycles. The fourth-order valence-electron chi connectivity index (χ4n) is 1.52. The van der Waals surface area contributed by atoms with Crippen LogP contribution < -0.4 is 5.73 Å². The molecular formula is C12H23N3S. The monoisotopic (exact) mass is 241 g/mol. The summed E-state index contributed by atoms with van der Waals surface area (Å²) in [5.41, 5.74) is 8.26. The van der Waals surface area contributed by atoms with Gasteiger partial charge in [-0.25, -0.2) is 0 Å². The highest BCUT2D eigenvalue weighted by Gasteiger charge is 2.05. The van der Waals surface area contributed by atoms with E-state index in [2.05, 4.69) is 36.6 Å². The van der Waals surface area contributed by atoms with Crippen LogP contribution in [-0.2, 0) is 18.7 Å². The van der Waals surface area contributed by atoms with Gasteiger partial charge in [0.05, 0.1) is 5.69 Å². The average Bonchev–Trinajstić information content (AvgIpc) is 2.66. The zero-order chi connectivity index (χ0) is 12.0. The maximum atomic E-state index is 5.72. The quantitative estimate of drug-likeness (QED) is 0.746. The molecule has 1 atom stereocenters. The van der Waals surface area contributed by atoms with Gasteiger partial charge in [-0.1, -0.05) is 6.92 Å². The van der Waals surface area contributed by atoms with Crippen molar-refractivity contribution in [3.05, 3.63) is 17.5 Å². The van der Waals surface area contributed by atoms with Gasteiger partial charge in [0.25, 0.3) is 0 Å². The molecule has 0 spiro atoms. The molecule has 3 nitrogen and oxygen atoms in total. The fourth-order valence-corrected chi connectivity index (χ4v) is 2.65. The number of nitrogens with zero attached hydrogens (tertiary/aromatic N) is 2. The van der Waals surface area contributed by atoms with Crippen molar-refractivity contribution in [2.24, 2.45) is 5.73 Å². The minimum atomic E-state index is 0.315. The first-order chi connectivity index (χ1) is 7.67. The Morgan fingerprint density at radius 3 is 2.81 bits per heavy atom. The molecule has 0 bridgehead atoms. The van der Waals surface area contributed by atoms with Crippen molar-refractivity contribution in [2.75, 3.05) is 5.75 Å². The first-order valence-corrected chi connectivity index (χ1v) is 7.21. The molecule has 1 rings (SSSR count). The number of aryl methyl sites for hydroxylation is 2. The van der Waals surface area contributed by atoms with E-state index < -0.39 is 0 Å². The molecule has 1 aromatic rings. The van der Waals surface area contributed by atoms with Gasteiger partial charge in [0, 0.05) is 24.0 Å². The number of hydrogen-bond donors (Lipinski definition) is 1. The molecule has 0 radical (unpaired) electrons. The normalized spacial score (nSPS) is 13.0. The molecule has 92 valence electrons. The Labute approximate surface area is 103 Å². The number of thioether (sulfide) groups is 1. The van der Waals surface area contributed by atoms with Crippen molar-refractivity contribution < 1.29 is 0 Å². The predicted molar refractivity (Wildman–Crippen MR) is 71.7 cm³/mol. The van der Waals surface area contributed by atoms with Gasteiger partial charge in [0.1, 0.15) is 0 Å². The van der Waals surface area contributed by atoms with Gasteiger partial charge in [-0.05, 0) is 38.5 Å². The van der Waals surface area contributed by atoms with Gasteiger partial charge >= 0.3 is 0 Å². The van der Waals surface area contributed by atoms with E-state index in [1.807, 2.05) is 11.8 Å². The molecule has 1 heterocycles. The lowest BCUT2D eigenvalue weighted by Crippen LogP contribution is -2.15. The Morgan fingerprint density at radius 1 is 1.50 bits per heavy atom. The standard InChI is InChI=1S/C12H23N3S/c1-4-11-8-12(15(5-2)14-11)9-16-7-6-10(3)13/h8,10H,4-7,9,13H2,1-3H3. The topological polar surface area (TPSA) is 43.8 Å². The molecule has 0 amide bonds. The second kappa shape index (κ2) is 6.97. The first kappa shape index (κ1) is 13.6. The van der Waals surface area contributed by atoms with Crippen LogP contribution in [0.3, 0.4) is 0 Å². The van der Waals surface area contributed by atoms with Crippen LogP contribution in [0.15, 0.2) is 6.07 Å². The maximum absolute atomic E-state index is 5.72. The SMILES string of the molecule is CCc1cc(CSCCC(C)N)n(CC)n1. The van der Waals surface area contributed by atoms with Crippen LogP contribution >= 0.6 is 11.8 Å². The summed E-state index contributed by atoms with van der Waals surface area (Å²) in [6.07, 6.45) is 2.11. The molecule has 0 fully saturated rings. The van der Waals surface area contributed by atoms with E-state index in [9.17, 15) is 0 Å². The van der Waals surface area contributed by atoms with Crippen LogP contribution in [0, 0.1) is 0 Å². The van der Waals surface area contributed by atoms with E-state index in [1.54, 1.807) is 0 Å². The van der Waals surface area contributed by atoms with E-state index >= 15 is 0 Å². The zero-order valence-electron chi connectivity index (χ0n) is 10.6. The summed E-state index contributed by atoms with van der Waals surface area (Å²) in [7, 11) is 0. The molecule has 1 unspecified atom stereocenters. The second-order valence-electron chi connectivity index (χ2n) is 4.11. The van der Waals surface area contributed by atoms with Gasteiger partial charge in [-0.15, -0.1) is 0 Å². The van der Waals surface area contributed by atoms with Crippen molar-refractivity contribution in [3.8, 4) is 0 Å². The number of aromatic nitrogens is 2. The predicted octanol–water partition coefficient (Wildman–Crippen LogP) is 2.44. The van der Waals surface area contributed by atoms with Crippen molar-refractivity contribution in [2.45, 2.75) is 52.0 Å². The fraction of sp³-hybridized carbons (Fsp3) is 0.750. The lowest BCUT2D eigenvalue weighted by Gasteiger charge is -2.06. The summed E-state index contributed by atoms with van der Waals surface area (Å²) in [5.74, 6) is 2.18. The Hall–Kier alpha value is -0.480. The summed E-state index contributed by atoms with van der Waals surface area (Å²) in [4.78, 5) is 0. The minimum Gasteiger partial charge on any atom is -0.328 e. The summed E-state index contributed by atoms with van der Waals surface area (Å²) in [5, 5.41) is 4.54. The Morgan fingerprint density at radius 2 is 2.25 bits per heavy atom. The van der Waals surface area contributed by atoms with Gasteiger partial charge in [-0.2, -0.15) is 16.9 Å². The van der Waals surface area contributed by atoms with Crippen molar-refractivity contribution >= 4 is 11.8 Å². The van der Waals surface area contributed by atoms with E-state index in [0.717, 1.165) is 30.9 Å². The Kier molecular flexibility index (Phi) is 5.91. The summed E-state index contributed by atoms with van der Waals surface area (Å²) in [6.45, 7) is 7.31. The molecule has 16 heavy (non-hydrogen) atoms. The number of nitrogens with two attached hydrogens (primary N) is 1. The third kappa shape index (κ3) is 4.18. The van der Waals surface area contributed by atoms with Crippen LogP contribution in [0.1, 0.15) is 38.6 Å². The van der Waals surface area contributed by atoms with Crippen LogP contribution in [0.4, 0.5) is 0 Å². The summed E-state index contributed by atoms with van der Waals surface area (Å²) >= 11 is 1.95. The Balaban J connectivity index is 2.43. The highest BCUT2D eigenvalue weighted by Crippen LogP contribution is 2.15. The highest BCUT2D eigenvalue weighted by molar-refractivity contribution is 7.98. The van der Waals surface area contributed by atoms with E-state index in [1.165, 1.54) is 11.4 Å². The first-order valence-electron chi connectivity index (χ1n) is 6.06. The minimum absolute atomic E-state index is 0.315. The van der Waals surface area contributed by atoms with Gasteiger partial charge < -0.3 is 5.73 Å². The van der Waals surface area contributed by atoms with E-state index in [4.69, 9.17) is 5.73 Å². The molecule has 0 aliphatic carbocycles. The third-order valence-corrected chi connectivity index (χ3v) is 3.57. The molecule has 0 aliphatic rings. The Bertz CT molecular complexity index is 307. The lowest BCUT2D eigenvalue weighted by molar-refractivity contribution is 0.627. The van der Waals surface area contributed by atoms with Crippen LogP contribution in [0.2, 0.25) is 0 Å². The van der Waals surface area contributed by atoms with Gasteiger partial charge in [0.2, 0.25) is 0 Å².